The Labute approximate surface area is 105 Å². The summed E-state index contributed by atoms with van der Waals surface area (Å²) in [5.74, 6) is 0. The van der Waals surface area contributed by atoms with E-state index < -0.39 is 0 Å². The van der Waals surface area contributed by atoms with Crippen molar-refractivity contribution in [2.45, 2.75) is 6.29 Å². The fourth-order valence-corrected chi connectivity index (χ4v) is 2.09. The molecule has 0 bridgehead atoms. The van der Waals surface area contributed by atoms with Crippen molar-refractivity contribution in [1.82, 2.24) is 4.57 Å². The Morgan fingerprint density at radius 3 is 2.76 bits per heavy atom. The molecule has 0 N–H and O–H groups in total. The largest absolute Gasteiger partial charge is 0.346 e. The predicted molar refractivity (Wildman–Crippen MR) is 65.4 cm³/mol. The summed E-state index contributed by atoms with van der Waals surface area (Å²) < 4.78 is 12.9. The summed E-state index contributed by atoms with van der Waals surface area (Å²) in [6, 6.07) is 9.71. The van der Waals surface area contributed by atoms with Gasteiger partial charge in [0.15, 0.2) is 6.29 Å². The van der Waals surface area contributed by atoms with Crippen LogP contribution in [0.1, 0.15) is 11.9 Å². The van der Waals surface area contributed by atoms with Gasteiger partial charge >= 0.3 is 0 Å². The zero-order valence-electron chi connectivity index (χ0n) is 9.17. The topological polar surface area (TPSA) is 23.4 Å². The van der Waals surface area contributed by atoms with Crippen molar-refractivity contribution in [2.24, 2.45) is 0 Å². The van der Waals surface area contributed by atoms with Crippen LogP contribution in [-0.2, 0) is 9.47 Å². The highest BCUT2D eigenvalue weighted by Gasteiger charge is 2.19. The van der Waals surface area contributed by atoms with Crippen molar-refractivity contribution in [3.63, 3.8) is 0 Å². The Hall–Kier alpha value is -1.29. The predicted octanol–water partition coefficient (Wildman–Crippen LogP) is 3.18. The molecule has 1 aromatic heterocycles. The highest BCUT2D eigenvalue weighted by molar-refractivity contribution is 6.30. The number of benzene rings is 1. The lowest BCUT2D eigenvalue weighted by molar-refractivity contribution is -0.0440. The molecule has 3 rings (SSSR count). The highest BCUT2D eigenvalue weighted by Crippen LogP contribution is 2.25. The molecule has 1 aromatic carbocycles. The Kier molecular flexibility index (Phi) is 2.89. The zero-order valence-corrected chi connectivity index (χ0v) is 9.93. The van der Waals surface area contributed by atoms with Gasteiger partial charge in [0.1, 0.15) is 0 Å². The number of hydrogen-bond donors (Lipinski definition) is 0. The smallest absolute Gasteiger partial charge is 0.185 e. The van der Waals surface area contributed by atoms with Crippen LogP contribution in [0.4, 0.5) is 0 Å². The number of halogens is 1. The van der Waals surface area contributed by atoms with Crippen LogP contribution in [0.25, 0.3) is 5.69 Å². The zero-order chi connectivity index (χ0) is 11.7. The fraction of sp³-hybridized carbons (Fsp3) is 0.231. The highest BCUT2D eigenvalue weighted by atomic mass is 35.5. The van der Waals surface area contributed by atoms with E-state index in [4.69, 9.17) is 21.1 Å². The lowest BCUT2D eigenvalue weighted by atomic mass is 10.3. The Morgan fingerprint density at radius 1 is 1.18 bits per heavy atom. The summed E-state index contributed by atoms with van der Waals surface area (Å²) in [5, 5.41) is 0.728. The van der Waals surface area contributed by atoms with Crippen LogP contribution in [0.2, 0.25) is 5.02 Å². The van der Waals surface area contributed by atoms with E-state index in [0.717, 1.165) is 16.3 Å². The first-order valence-corrected chi connectivity index (χ1v) is 5.88. The van der Waals surface area contributed by atoms with E-state index in [2.05, 4.69) is 0 Å². The maximum atomic E-state index is 5.97. The second kappa shape index (κ2) is 4.53. The summed E-state index contributed by atoms with van der Waals surface area (Å²) >= 11 is 5.97. The van der Waals surface area contributed by atoms with Gasteiger partial charge in [0.05, 0.1) is 13.2 Å². The van der Waals surface area contributed by atoms with Crippen LogP contribution in [0.5, 0.6) is 0 Å². The van der Waals surface area contributed by atoms with Gasteiger partial charge in [-0.15, -0.1) is 0 Å². The number of hydrogen-bond acceptors (Lipinski definition) is 2. The van der Waals surface area contributed by atoms with Gasteiger partial charge in [0.2, 0.25) is 0 Å². The van der Waals surface area contributed by atoms with E-state index in [9.17, 15) is 0 Å². The minimum absolute atomic E-state index is 0.226. The van der Waals surface area contributed by atoms with Crippen molar-refractivity contribution >= 4 is 11.6 Å². The summed E-state index contributed by atoms with van der Waals surface area (Å²) in [6.07, 6.45) is 3.75. The van der Waals surface area contributed by atoms with Crippen molar-refractivity contribution < 1.29 is 9.47 Å². The van der Waals surface area contributed by atoms with Gasteiger partial charge in [0.25, 0.3) is 0 Å². The molecule has 1 saturated heterocycles. The van der Waals surface area contributed by atoms with E-state index in [1.165, 1.54) is 0 Å². The number of aromatic nitrogens is 1. The molecule has 88 valence electrons. The molecule has 17 heavy (non-hydrogen) atoms. The van der Waals surface area contributed by atoms with Gasteiger partial charge in [-0.3, -0.25) is 0 Å². The molecule has 3 nitrogen and oxygen atoms in total. The van der Waals surface area contributed by atoms with Gasteiger partial charge in [0, 0.05) is 28.7 Å². The molecule has 0 aliphatic carbocycles. The molecule has 4 heteroatoms. The maximum Gasteiger partial charge on any atom is 0.185 e. The van der Waals surface area contributed by atoms with Crippen LogP contribution < -0.4 is 0 Å². The van der Waals surface area contributed by atoms with Crippen LogP contribution in [0.15, 0.2) is 42.7 Å². The Balaban J connectivity index is 1.89. The van der Waals surface area contributed by atoms with Gasteiger partial charge < -0.3 is 14.0 Å². The van der Waals surface area contributed by atoms with Crippen molar-refractivity contribution in [2.75, 3.05) is 13.2 Å². The third-order valence-corrected chi connectivity index (χ3v) is 2.95. The number of nitrogens with zero attached hydrogens (tertiary/aromatic N) is 1. The molecule has 0 spiro atoms. The first-order chi connectivity index (χ1) is 8.33. The second-order valence-corrected chi connectivity index (χ2v) is 4.34. The van der Waals surface area contributed by atoms with Crippen LogP contribution in [0, 0.1) is 0 Å². The lowest BCUT2D eigenvalue weighted by Gasteiger charge is -2.06. The van der Waals surface area contributed by atoms with Gasteiger partial charge in [-0.05, 0) is 24.3 Å². The fourth-order valence-electron chi connectivity index (χ4n) is 1.90. The number of ether oxygens (including phenoxy) is 2. The first kappa shape index (κ1) is 10.8. The molecule has 1 aliphatic rings. The van der Waals surface area contributed by atoms with Gasteiger partial charge in [-0.1, -0.05) is 17.7 Å². The van der Waals surface area contributed by atoms with Crippen molar-refractivity contribution in [1.29, 1.82) is 0 Å². The summed E-state index contributed by atoms with van der Waals surface area (Å²) in [6.45, 7) is 1.32. The van der Waals surface area contributed by atoms with Gasteiger partial charge in [-0.2, -0.15) is 0 Å². The summed E-state index contributed by atoms with van der Waals surface area (Å²) in [5.41, 5.74) is 2.06. The minimum atomic E-state index is -0.226. The lowest BCUT2D eigenvalue weighted by Crippen LogP contribution is -1.96. The standard InChI is InChI=1S/C13H12ClNO2/c14-11-2-1-3-12(8-11)15-5-4-10(9-15)13-16-6-7-17-13/h1-5,8-9,13H,6-7H2. The second-order valence-electron chi connectivity index (χ2n) is 3.91. The van der Waals surface area contributed by atoms with Crippen molar-refractivity contribution in [3.05, 3.63) is 53.3 Å². The maximum absolute atomic E-state index is 5.97. The molecule has 1 aliphatic heterocycles. The van der Waals surface area contributed by atoms with E-state index in [-0.39, 0.29) is 6.29 Å². The normalized spacial score (nSPS) is 16.5. The average molecular weight is 250 g/mol. The average Bonchev–Trinajstić information content (AvgIpc) is 3.00. The van der Waals surface area contributed by atoms with Gasteiger partial charge in [-0.25, -0.2) is 0 Å². The van der Waals surface area contributed by atoms with E-state index in [1.54, 1.807) is 0 Å². The van der Waals surface area contributed by atoms with E-state index >= 15 is 0 Å². The molecule has 0 amide bonds. The Bertz CT molecular complexity index is 518. The van der Waals surface area contributed by atoms with Crippen molar-refractivity contribution in [3.8, 4) is 5.69 Å². The van der Waals surface area contributed by atoms with E-state index in [0.29, 0.717) is 13.2 Å². The first-order valence-electron chi connectivity index (χ1n) is 5.50. The minimum Gasteiger partial charge on any atom is -0.346 e. The van der Waals surface area contributed by atoms with Crippen LogP contribution >= 0.6 is 11.6 Å². The quantitative estimate of drug-likeness (QED) is 0.816. The summed E-state index contributed by atoms with van der Waals surface area (Å²) in [4.78, 5) is 0. The third kappa shape index (κ3) is 2.22. The molecule has 2 heterocycles. The summed E-state index contributed by atoms with van der Waals surface area (Å²) in [7, 11) is 0. The van der Waals surface area contributed by atoms with Crippen LogP contribution in [-0.4, -0.2) is 17.8 Å². The molecule has 2 aromatic rings. The molecule has 0 saturated carbocycles. The number of rotatable bonds is 2. The molecular formula is C13H12ClNO2. The molecule has 0 atom stereocenters. The SMILES string of the molecule is Clc1cccc(-n2ccc(C3OCCO3)c2)c1. The molecule has 0 unspecified atom stereocenters. The van der Waals surface area contributed by atoms with E-state index in [1.807, 2.05) is 47.3 Å². The third-order valence-electron chi connectivity index (χ3n) is 2.72. The van der Waals surface area contributed by atoms with Crippen LogP contribution in [0.3, 0.4) is 0 Å². The molecular weight excluding hydrogens is 238 g/mol. The Morgan fingerprint density at radius 2 is 2.00 bits per heavy atom. The monoisotopic (exact) mass is 249 g/mol. The molecule has 0 radical (unpaired) electrons. The molecule has 1 fully saturated rings.